The van der Waals surface area contributed by atoms with Gasteiger partial charge in [0.15, 0.2) is 0 Å². The van der Waals surface area contributed by atoms with E-state index in [9.17, 15) is 9.59 Å². The van der Waals surface area contributed by atoms with Crippen molar-refractivity contribution in [3.8, 4) is 0 Å². The number of urea groups is 1. The molecule has 1 aromatic rings. The summed E-state index contributed by atoms with van der Waals surface area (Å²) in [5.74, 6) is 0. The van der Waals surface area contributed by atoms with Crippen molar-refractivity contribution in [3.63, 3.8) is 0 Å². The first-order valence-electron chi connectivity index (χ1n) is 3.92. The van der Waals surface area contributed by atoms with Gasteiger partial charge >= 0.3 is 6.03 Å². The average Bonchev–Trinajstić information content (AvgIpc) is 2.16. The number of isocyanates is 1. The first-order chi connectivity index (χ1) is 6.74. The Balaban J connectivity index is 2.90. The summed E-state index contributed by atoms with van der Waals surface area (Å²) in [6.45, 7) is 0.181. The summed E-state index contributed by atoms with van der Waals surface area (Å²) in [5.41, 5.74) is 6.24. The third-order valence-electron chi connectivity index (χ3n) is 1.59. The van der Waals surface area contributed by atoms with Crippen LogP contribution < -0.4 is 11.1 Å². The number of rotatable bonds is 3. The van der Waals surface area contributed by atoms with Crippen LogP contribution in [0.1, 0.15) is 5.56 Å². The predicted molar refractivity (Wildman–Crippen MR) is 51.5 cm³/mol. The second-order valence-electron chi connectivity index (χ2n) is 2.55. The number of para-hydroxylation sites is 1. The van der Waals surface area contributed by atoms with Gasteiger partial charge < -0.3 is 11.1 Å². The molecule has 0 aliphatic carbocycles. The number of primary amides is 1. The molecule has 0 spiro atoms. The molecule has 0 bridgehead atoms. The second-order valence-corrected chi connectivity index (χ2v) is 2.55. The largest absolute Gasteiger partial charge is 0.351 e. The van der Waals surface area contributed by atoms with Crippen molar-refractivity contribution in [1.82, 2.24) is 0 Å². The van der Waals surface area contributed by atoms with Crippen molar-refractivity contribution in [3.05, 3.63) is 29.8 Å². The Morgan fingerprint density at radius 1 is 1.50 bits per heavy atom. The summed E-state index contributed by atoms with van der Waals surface area (Å²) >= 11 is 0. The lowest BCUT2D eigenvalue weighted by Gasteiger charge is -2.05. The molecule has 5 nitrogen and oxygen atoms in total. The number of nitrogens with zero attached hydrogens (tertiary/aromatic N) is 1. The highest BCUT2D eigenvalue weighted by Gasteiger charge is 2.01. The second kappa shape index (κ2) is 4.79. The monoisotopic (exact) mass is 191 g/mol. The fourth-order valence-electron chi connectivity index (χ4n) is 1.03. The van der Waals surface area contributed by atoms with Gasteiger partial charge in [-0.2, -0.15) is 0 Å². The SMILES string of the molecule is NC(=O)Nc1ccccc1CN=C=O. The lowest BCUT2D eigenvalue weighted by Crippen LogP contribution is -2.20. The minimum atomic E-state index is -0.646. The van der Waals surface area contributed by atoms with Crippen molar-refractivity contribution in [2.45, 2.75) is 6.54 Å². The quantitative estimate of drug-likeness (QED) is 0.552. The minimum Gasteiger partial charge on any atom is -0.351 e. The highest BCUT2D eigenvalue weighted by atomic mass is 16.2. The van der Waals surface area contributed by atoms with Crippen LogP contribution in [0.3, 0.4) is 0 Å². The Morgan fingerprint density at radius 2 is 2.21 bits per heavy atom. The first-order valence-corrected chi connectivity index (χ1v) is 3.92. The molecule has 0 aliphatic rings. The van der Waals surface area contributed by atoms with Crippen LogP contribution in [0, 0.1) is 0 Å². The molecule has 0 radical (unpaired) electrons. The van der Waals surface area contributed by atoms with Gasteiger partial charge in [-0.1, -0.05) is 18.2 Å². The molecule has 5 heteroatoms. The molecule has 0 unspecified atom stereocenters. The summed E-state index contributed by atoms with van der Waals surface area (Å²) < 4.78 is 0. The maximum absolute atomic E-state index is 10.6. The van der Waals surface area contributed by atoms with Crippen LogP contribution in [-0.2, 0) is 11.3 Å². The molecule has 1 aromatic carbocycles. The number of amides is 2. The maximum Gasteiger partial charge on any atom is 0.316 e. The minimum absolute atomic E-state index is 0.181. The summed E-state index contributed by atoms with van der Waals surface area (Å²) in [7, 11) is 0. The zero-order chi connectivity index (χ0) is 10.4. The molecule has 0 atom stereocenters. The standard InChI is InChI=1S/C9H9N3O2/c10-9(14)12-8-4-2-1-3-7(8)5-11-6-13/h1-4H,5H2,(H3,10,12,14). The summed E-state index contributed by atoms with van der Waals surface area (Å²) in [6.07, 6.45) is 1.43. The van der Waals surface area contributed by atoms with E-state index in [1.54, 1.807) is 24.3 Å². The molecule has 1 rings (SSSR count). The Bertz CT molecular complexity index is 360. The topological polar surface area (TPSA) is 84.6 Å². The molecule has 14 heavy (non-hydrogen) atoms. The van der Waals surface area contributed by atoms with Crippen molar-refractivity contribution < 1.29 is 9.59 Å². The third-order valence-corrected chi connectivity index (χ3v) is 1.59. The Hall–Kier alpha value is -2.13. The van der Waals surface area contributed by atoms with E-state index in [0.717, 1.165) is 5.56 Å². The molecule has 3 N–H and O–H groups in total. The van der Waals surface area contributed by atoms with E-state index >= 15 is 0 Å². The number of hydrogen-bond donors (Lipinski definition) is 2. The number of carbonyl (C=O) groups excluding carboxylic acids is 2. The van der Waals surface area contributed by atoms with Crippen molar-refractivity contribution in [1.29, 1.82) is 0 Å². The zero-order valence-electron chi connectivity index (χ0n) is 7.36. The van der Waals surface area contributed by atoms with Crippen molar-refractivity contribution in [2.24, 2.45) is 10.7 Å². The summed E-state index contributed by atoms with van der Waals surface area (Å²) in [5, 5.41) is 2.43. The molecule has 0 saturated carbocycles. The van der Waals surface area contributed by atoms with E-state index in [-0.39, 0.29) is 6.54 Å². The lowest BCUT2D eigenvalue weighted by molar-refractivity contribution is 0.259. The van der Waals surface area contributed by atoms with Crippen LogP contribution in [0.15, 0.2) is 29.3 Å². The van der Waals surface area contributed by atoms with Gasteiger partial charge in [-0.15, -0.1) is 0 Å². The van der Waals surface area contributed by atoms with Gasteiger partial charge in [-0.3, -0.25) is 0 Å². The van der Waals surface area contributed by atoms with Crippen LogP contribution in [0.5, 0.6) is 0 Å². The number of nitrogens with one attached hydrogen (secondary N) is 1. The summed E-state index contributed by atoms with van der Waals surface area (Å²) in [6, 6.07) is 6.31. The molecule has 0 aromatic heterocycles. The lowest BCUT2D eigenvalue weighted by atomic mass is 10.2. The molecule has 0 heterocycles. The van der Waals surface area contributed by atoms with E-state index in [4.69, 9.17) is 5.73 Å². The smallest absolute Gasteiger partial charge is 0.316 e. The maximum atomic E-state index is 10.6. The van der Waals surface area contributed by atoms with Crippen LogP contribution in [-0.4, -0.2) is 12.1 Å². The fraction of sp³-hybridized carbons (Fsp3) is 0.111. The van der Waals surface area contributed by atoms with E-state index in [1.807, 2.05) is 0 Å². The number of benzene rings is 1. The number of anilines is 1. The van der Waals surface area contributed by atoms with Crippen LogP contribution >= 0.6 is 0 Å². The number of hydrogen-bond acceptors (Lipinski definition) is 3. The van der Waals surface area contributed by atoms with Gasteiger partial charge in [0, 0.05) is 5.69 Å². The van der Waals surface area contributed by atoms with Gasteiger partial charge in [0.2, 0.25) is 6.08 Å². The number of nitrogens with two attached hydrogens (primary N) is 1. The van der Waals surface area contributed by atoms with E-state index < -0.39 is 6.03 Å². The first kappa shape index (κ1) is 9.95. The van der Waals surface area contributed by atoms with Gasteiger partial charge in [0.25, 0.3) is 0 Å². The molecule has 0 fully saturated rings. The Morgan fingerprint density at radius 3 is 2.86 bits per heavy atom. The van der Waals surface area contributed by atoms with E-state index in [2.05, 4.69) is 10.3 Å². The molecular weight excluding hydrogens is 182 g/mol. The van der Waals surface area contributed by atoms with Crippen molar-refractivity contribution >= 4 is 17.8 Å². The molecule has 2 amide bonds. The van der Waals surface area contributed by atoms with E-state index in [1.165, 1.54) is 6.08 Å². The molecule has 0 saturated heterocycles. The highest BCUT2D eigenvalue weighted by molar-refractivity contribution is 5.88. The molecule has 0 aliphatic heterocycles. The van der Waals surface area contributed by atoms with Crippen LogP contribution in [0.2, 0.25) is 0 Å². The van der Waals surface area contributed by atoms with Gasteiger partial charge in [0.05, 0.1) is 6.54 Å². The Labute approximate surface area is 80.6 Å². The summed E-state index contributed by atoms with van der Waals surface area (Å²) in [4.78, 5) is 23.9. The highest BCUT2D eigenvalue weighted by Crippen LogP contribution is 2.15. The Kier molecular flexibility index (Phi) is 3.41. The average molecular weight is 191 g/mol. The van der Waals surface area contributed by atoms with Crippen molar-refractivity contribution in [2.75, 3.05) is 5.32 Å². The van der Waals surface area contributed by atoms with Crippen LogP contribution in [0.25, 0.3) is 0 Å². The normalized spacial score (nSPS) is 8.86. The van der Waals surface area contributed by atoms with Gasteiger partial charge in [0.1, 0.15) is 0 Å². The molecule has 72 valence electrons. The predicted octanol–water partition coefficient (Wildman–Crippen LogP) is 1.01. The van der Waals surface area contributed by atoms with E-state index in [0.29, 0.717) is 5.69 Å². The fourth-order valence-corrected chi connectivity index (χ4v) is 1.03. The number of carbonyl (C=O) groups is 1. The third kappa shape index (κ3) is 2.73. The number of aliphatic imine (C=N–C) groups is 1. The van der Waals surface area contributed by atoms with Crippen LogP contribution in [0.4, 0.5) is 10.5 Å². The molecular formula is C9H9N3O2. The zero-order valence-corrected chi connectivity index (χ0v) is 7.36. The van der Waals surface area contributed by atoms with Gasteiger partial charge in [-0.25, -0.2) is 14.6 Å². The van der Waals surface area contributed by atoms with Gasteiger partial charge in [-0.05, 0) is 11.6 Å².